The number of nitrogens with zero attached hydrogens (tertiary/aromatic N) is 7. The fraction of sp³-hybridized carbons (Fsp3) is 0. The van der Waals surface area contributed by atoms with Crippen molar-refractivity contribution >= 4 is 43.6 Å². The Morgan fingerprint density at radius 3 is 1.34 bits per heavy atom. The Hall–Kier alpha value is -9.33. The predicted octanol–water partition coefficient (Wildman–Crippen LogP) is 14.9. The molecule has 13 aromatic rings. The van der Waals surface area contributed by atoms with Gasteiger partial charge in [0.1, 0.15) is 0 Å². The summed E-state index contributed by atoms with van der Waals surface area (Å²) in [6.07, 6.45) is 0. The van der Waals surface area contributed by atoms with Gasteiger partial charge in [0.15, 0.2) is 17.5 Å². The highest BCUT2D eigenvalue weighted by Crippen LogP contribution is 2.43. The van der Waals surface area contributed by atoms with E-state index in [0.717, 1.165) is 99.6 Å². The first-order valence-corrected chi connectivity index (χ1v) is 22.8. The second kappa shape index (κ2) is 16.3. The Labute approximate surface area is 392 Å². The zero-order valence-electron chi connectivity index (χ0n) is 36.6. The Morgan fingerprint density at radius 1 is 0.265 bits per heavy atom. The van der Waals surface area contributed by atoms with Crippen LogP contribution in [-0.4, -0.2) is 34.1 Å². The van der Waals surface area contributed by atoms with Crippen LogP contribution in [0.25, 0.3) is 123 Å². The molecule has 0 fully saturated rings. The Bertz CT molecular complexity index is 3950. The second-order valence-corrected chi connectivity index (χ2v) is 16.9. The van der Waals surface area contributed by atoms with Crippen molar-refractivity contribution in [3.8, 4) is 79.4 Å². The topological polar surface area (TPSA) is 74.3 Å². The van der Waals surface area contributed by atoms with Gasteiger partial charge in [0.2, 0.25) is 5.95 Å². The number of fused-ring (bicyclic) bond motifs is 7. The number of aromatic nitrogens is 7. The summed E-state index contributed by atoms with van der Waals surface area (Å²) >= 11 is 0. The minimum atomic E-state index is 0.530. The Morgan fingerprint density at radius 2 is 0.721 bits per heavy atom. The zero-order chi connectivity index (χ0) is 45.0. The lowest BCUT2D eigenvalue weighted by Gasteiger charge is -2.16. The SMILES string of the molecule is c1ccc(-c2cccc(-c3cc(-c4ccccc4)nc(-c4ccccc4-n4c5ccccc5c5ccc6c7ccccc7n(-c7nc(-c8ccccc8)nc(-c8ccccc8)n7)c6c54)n3)c2)cc1. The van der Waals surface area contributed by atoms with Gasteiger partial charge in [-0.15, -0.1) is 0 Å². The van der Waals surface area contributed by atoms with E-state index < -0.39 is 0 Å². The van der Waals surface area contributed by atoms with E-state index in [0.29, 0.717) is 23.4 Å². The number of para-hydroxylation sites is 3. The van der Waals surface area contributed by atoms with Crippen molar-refractivity contribution in [1.82, 2.24) is 34.1 Å². The number of hydrogen-bond acceptors (Lipinski definition) is 5. The van der Waals surface area contributed by atoms with Crippen LogP contribution in [0.2, 0.25) is 0 Å². The van der Waals surface area contributed by atoms with E-state index in [-0.39, 0.29) is 0 Å². The van der Waals surface area contributed by atoms with E-state index in [9.17, 15) is 0 Å². The summed E-state index contributed by atoms with van der Waals surface area (Å²) in [7, 11) is 0. The molecule has 0 aliphatic carbocycles. The van der Waals surface area contributed by atoms with Crippen LogP contribution < -0.4 is 0 Å². The summed E-state index contributed by atoms with van der Waals surface area (Å²) in [5.41, 5.74) is 13.7. The summed E-state index contributed by atoms with van der Waals surface area (Å²) in [6, 6.07) is 82.1. The third-order valence-electron chi connectivity index (χ3n) is 12.8. The molecule has 0 saturated carbocycles. The van der Waals surface area contributed by atoms with Gasteiger partial charge in [-0.1, -0.05) is 200 Å². The van der Waals surface area contributed by atoms with Crippen molar-refractivity contribution < 1.29 is 0 Å². The van der Waals surface area contributed by atoms with Crippen molar-refractivity contribution in [2.24, 2.45) is 0 Å². The highest BCUT2D eigenvalue weighted by molar-refractivity contribution is 6.24. The molecule has 0 saturated heterocycles. The van der Waals surface area contributed by atoms with Gasteiger partial charge in [-0.2, -0.15) is 9.97 Å². The van der Waals surface area contributed by atoms with Crippen molar-refractivity contribution in [2.45, 2.75) is 0 Å². The molecule has 0 radical (unpaired) electrons. The van der Waals surface area contributed by atoms with Crippen molar-refractivity contribution in [1.29, 1.82) is 0 Å². The molecule has 0 bridgehead atoms. The van der Waals surface area contributed by atoms with Crippen molar-refractivity contribution in [2.75, 3.05) is 0 Å². The molecule has 7 heteroatoms. The molecule has 4 aromatic heterocycles. The Balaban J connectivity index is 1.10. The van der Waals surface area contributed by atoms with E-state index in [1.165, 1.54) is 0 Å². The standard InChI is InChI=1S/C61H39N7/c1-5-20-40(21-6-1)44-28-19-29-45(38-44)52-39-51(41-22-7-2-8-23-41)62-60(63-52)50-32-15-18-35-55(50)67-53-33-16-13-30-46(53)48-36-37-49-47-31-14-17-34-54(47)68(57(49)56(48)67)61-65-58(42-24-9-3-10-25-42)64-59(66-61)43-26-11-4-12-27-43/h1-39H. The summed E-state index contributed by atoms with van der Waals surface area (Å²) in [4.78, 5) is 26.5. The third kappa shape index (κ3) is 6.64. The van der Waals surface area contributed by atoms with E-state index in [4.69, 9.17) is 24.9 Å². The second-order valence-electron chi connectivity index (χ2n) is 16.9. The molecule has 7 nitrogen and oxygen atoms in total. The molecular formula is C61H39N7. The number of benzene rings is 9. The highest BCUT2D eigenvalue weighted by atomic mass is 15.2. The zero-order valence-corrected chi connectivity index (χ0v) is 36.6. The largest absolute Gasteiger partial charge is 0.306 e. The summed E-state index contributed by atoms with van der Waals surface area (Å²) in [5.74, 6) is 2.35. The first-order chi connectivity index (χ1) is 33.7. The first kappa shape index (κ1) is 39.1. The van der Waals surface area contributed by atoms with Crippen LogP contribution in [0.1, 0.15) is 0 Å². The summed E-state index contributed by atoms with van der Waals surface area (Å²) in [6.45, 7) is 0. The van der Waals surface area contributed by atoms with Gasteiger partial charge >= 0.3 is 0 Å². The lowest BCUT2D eigenvalue weighted by molar-refractivity contribution is 0.953. The molecule has 0 aliphatic heterocycles. The maximum absolute atomic E-state index is 5.45. The van der Waals surface area contributed by atoms with E-state index >= 15 is 0 Å². The minimum absolute atomic E-state index is 0.530. The molecule has 0 N–H and O–H groups in total. The molecule has 0 spiro atoms. The molecule has 318 valence electrons. The van der Waals surface area contributed by atoms with Crippen LogP contribution in [0.5, 0.6) is 0 Å². The molecule has 0 atom stereocenters. The first-order valence-electron chi connectivity index (χ1n) is 22.8. The fourth-order valence-electron chi connectivity index (χ4n) is 9.67. The average Bonchev–Trinajstić information content (AvgIpc) is 3.95. The van der Waals surface area contributed by atoms with E-state index in [1.807, 2.05) is 72.8 Å². The number of hydrogen-bond donors (Lipinski definition) is 0. The molecule has 13 rings (SSSR count). The minimum Gasteiger partial charge on any atom is -0.306 e. The van der Waals surface area contributed by atoms with Crippen LogP contribution in [0.3, 0.4) is 0 Å². The van der Waals surface area contributed by atoms with Gasteiger partial charge in [-0.3, -0.25) is 4.57 Å². The molecule has 4 heterocycles. The van der Waals surface area contributed by atoms with Crippen molar-refractivity contribution in [3.05, 3.63) is 237 Å². The quantitative estimate of drug-likeness (QED) is 0.152. The van der Waals surface area contributed by atoms with Crippen LogP contribution in [0, 0.1) is 0 Å². The van der Waals surface area contributed by atoms with E-state index in [1.54, 1.807) is 0 Å². The lowest BCUT2D eigenvalue weighted by Crippen LogP contribution is -2.07. The van der Waals surface area contributed by atoms with Crippen LogP contribution >= 0.6 is 0 Å². The molecule has 9 aromatic carbocycles. The summed E-state index contributed by atoms with van der Waals surface area (Å²) < 4.78 is 4.62. The number of rotatable bonds is 8. The molecule has 0 unspecified atom stereocenters. The van der Waals surface area contributed by atoms with Gasteiger partial charge < -0.3 is 4.57 Å². The van der Waals surface area contributed by atoms with Gasteiger partial charge in [0, 0.05) is 49.4 Å². The van der Waals surface area contributed by atoms with Gasteiger partial charge in [-0.25, -0.2) is 15.0 Å². The average molecular weight is 870 g/mol. The van der Waals surface area contributed by atoms with Gasteiger partial charge in [-0.05, 0) is 47.5 Å². The van der Waals surface area contributed by atoms with Crippen LogP contribution in [0.4, 0.5) is 0 Å². The monoisotopic (exact) mass is 869 g/mol. The molecule has 68 heavy (non-hydrogen) atoms. The van der Waals surface area contributed by atoms with Crippen molar-refractivity contribution in [3.63, 3.8) is 0 Å². The fourth-order valence-corrected chi connectivity index (χ4v) is 9.67. The Kier molecular flexibility index (Phi) is 9.35. The van der Waals surface area contributed by atoms with E-state index in [2.05, 4.69) is 173 Å². The van der Waals surface area contributed by atoms with Gasteiger partial charge in [0.05, 0.1) is 39.1 Å². The van der Waals surface area contributed by atoms with Gasteiger partial charge in [0.25, 0.3) is 0 Å². The smallest absolute Gasteiger partial charge is 0.238 e. The van der Waals surface area contributed by atoms with Crippen LogP contribution in [0.15, 0.2) is 237 Å². The normalized spacial score (nSPS) is 11.5. The maximum Gasteiger partial charge on any atom is 0.238 e. The molecular weight excluding hydrogens is 831 g/mol. The highest BCUT2D eigenvalue weighted by Gasteiger charge is 2.25. The lowest BCUT2D eigenvalue weighted by atomic mass is 10.0. The summed E-state index contributed by atoms with van der Waals surface area (Å²) in [5, 5.41) is 4.41. The molecule has 0 aliphatic rings. The molecule has 0 amide bonds. The predicted molar refractivity (Wildman–Crippen MR) is 277 cm³/mol. The maximum atomic E-state index is 5.45. The third-order valence-corrected chi connectivity index (χ3v) is 12.8. The van der Waals surface area contributed by atoms with Crippen LogP contribution in [-0.2, 0) is 0 Å².